The maximum absolute atomic E-state index is 2.53. The molecule has 256 valence electrons. The normalized spacial score (nSPS) is 12.2. The van der Waals surface area contributed by atoms with Crippen LogP contribution in [-0.4, -0.2) is 0 Å². The highest BCUT2D eigenvalue weighted by Crippen LogP contribution is 2.21. The number of aryl methyl sites for hydroxylation is 2. The minimum absolute atomic E-state index is 0.432. The molecule has 1 atom stereocenters. The van der Waals surface area contributed by atoms with Crippen LogP contribution in [0.4, 0.5) is 0 Å². The quantitative estimate of drug-likeness (QED) is 0.0584. The van der Waals surface area contributed by atoms with E-state index in [1.807, 2.05) is 0 Å². The van der Waals surface area contributed by atoms with Gasteiger partial charge in [-0.2, -0.15) is 4.57 Å². The highest BCUT2D eigenvalue weighted by molar-refractivity contribution is 5.23. The third-order valence-corrected chi connectivity index (χ3v) is 10.2. The van der Waals surface area contributed by atoms with Gasteiger partial charge in [-0.25, -0.2) is 0 Å². The van der Waals surface area contributed by atoms with E-state index in [0.717, 1.165) is 6.42 Å². The molecule has 0 radical (unpaired) electrons. The third kappa shape index (κ3) is 19.6. The van der Waals surface area contributed by atoms with Gasteiger partial charge in [0.2, 0.25) is 0 Å². The van der Waals surface area contributed by atoms with Crippen molar-refractivity contribution in [2.45, 2.75) is 213 Å². The van der Waals surface area contributed by atoms with Crippen molar-refractivity contribution in [3.05, 3.63) is 65.5 Å². The third-order valence-electron chi connectivity index (χ3n) is 10.2. The van der Waals surface area contributed by atoms with Crippen LogP contribution >= 0.6 is 0 Å². The summed E-state index contributed by atoms with van der Waals surface area (Å²) < 4.78 is 2.51. The van der Waals surface area contributed by atoms with Crippen LogP contribution in [0.5, 0.6) is 0 Å². The average molecular weight is 619 g/mol. The second kappa shape index (κ2) is 28.6. The molecule has 0 aliphatic carbocycles. The zero-order valence-electron chi connectivity index (χ0n) is 30.6. The van der Waals surface area contributed by atoms with E-state index < -0.39 is 0 Å². The van der Waals surface area contributed by atoms with Gasteiger partial charge in [0.1, 0.15) is 0 Å². The molecular weight excluding hydrogens is 542 g/mol. The molecule has 1 heterocycles. The van der Waals surface area contributed by atoms with Crippen LogP contribution in [0.3, 0.4) is 0 Å². The standard InChI is InChI=1S/C44H76N/c1-4-7-9-11-13-15-17-19-21-23-25-27-30-34-41-38-39-45(44(6-3)42-35-32-29-33-36-42)40-43(41)37-31-28-26-24-22-20-18-16-14-12-10-8-5-2/h29,32-33,35-36,38-40,44H,4-28,30-31,34,37H2,1-3H3/q+1. The van der Waals surface area contributed by atoms with Crippen molar-refractivity contribution in [1.29, 1.82) is 0 Å². The Morgan fingerprint density at radius 1 is 0.422 bits per heavy atom. The molecule has 1 aromatic carbocycles. The first-order valence-corrected chi connectivity index (χ1v) is 20.4. The molecule has 0 spiro atoms. The van der Waals surface area contributed by atoms with E-state index in [0.29, 0.717) is 6.04 Å². The molecule has 0 aliphatic heterocycles. The van der Waals surface area contributed by atoms with Gasteiger partial charge in [0, 0.05) is 23.6 Å². The van der Waals surface area contributed by atoms with E-state index in [9.17, 15) is 0 Å². The van der Waals surface area contributed by atoms with Gasteiger partial charge in [-0.15, -0.1) is 0 Å². The van der Waals surface area contributed by atoms with E-state index in [1.165, 1.54) is 185 Å². The Morgan fingerprint density at radius 3 is 1.20 bits per heavy atom. The van der Waals surface area contributed by atoms with Gasteiger partial charge >= 0.3 is 0 Å². The molecule has 0 aliphatic rings. The van der Waals surface area contributed by atoms with Crippen molar-refractivity contribution in [3.8, 4) is 0 Å². The summed E-state index contributed by atoms with van der Waals surface area (Å²) in [6, 6.07) is 14.0. The summed E-state index contributed by atoms with van der Waals surface area (Å²) in [5.74, 6) is 0. The Kier molecular flexibility index (Phi) is 25.1. The van der Waals surface area contributed by atoms with E-state index in [-0.39, 0.29) is 0 Å². The van der Waals surface area contributed by atoms with Crippen molar-refractivity contribution in [3.63, 3.8) is 0 Å². The largest absolute Gasteiger partial charge is 0.198 e. The second-order valence-corrected chi connectivity index (χ2v) is 14.3. The van der Waals surface area contributed by atoms with Crippen molar-refractivity contribution < 1.29 is 4.57 Å². The zero-order valence-corrected chi connectivity index (χ0v) is 30.6. The van der Waals surface area contributed by atoms with Crippen LogP contribution in [-0.2, 0) is 12.8 Å². The molecule has 0 saturated carbocycles. The monoisotopic (exact) mass is 619 g/mol. The number of rotatable bonds is 31. The van der Waals surface area contributed by atoms with Crippen LogP contribution < -0.4 is 4.57 Å². The lowest BCUT2D eigenvalue weighted by atomic mass is 9.96. The maximum atomic E-state index is 2.53. The predicted molar refractivity (Wildman–Crippen MR) is 200 cm³/mol. The Bertz CT molecular complexity index is 902. The number of aromatic nitrogens is 1. The van der Waals surface area contributed by atoms with Crippen molar-refractivity contribution >= 4 is 0 Å². The van der Waals surface area contributed by atoms with Crippen LogP contribution in [0.15, 0.2) is 48.8 Å². The smallest absolute Gasteiger partial charge is 0.183 e. The Hall–Kier alpha value is -1.63. The number of hydrogen-bond donors (Lipinski definition) is 0. The molecule has 1 nitrogen and oxygen atoms in total. The lowest BCUT2D eigenvalue weighted by Gasteiger charge is -2.14. The Balaban J connectivity index is 1.73. The van der Waals surface area contributed by atoms with Crippen molar-refractivity contribution in [2.75, 3.05) is 0 Å². The summed E-state index contributed by atoms with van der Waals surface area (Å²) in [7, 11) is 0. The van der Waals surface area contributed by atoms with Crippen LogP contribution in [0, 0.1) is 0 Å². The lowest BCUT2D eigenvalue weighted by molar-refractivity contribution is -0.714. The SMILES string of the molecule is CCCCCCCCCCCCCCCc1cc[n+](C(CC)c2ccccc2)cc1CCCCCCCCCCCCCCC. The highest BCUT2D eigenvalue weighted by Gasteiger charge is 2.20. The molecule has 0 N–H and O–H groups in total. The number of unbranched alkanes of at least 4 members (excludes halogenated alkanes) is 24. The number of benzene rings is 1. The summed E-state index contributed by atoms with van der Waals surface area (Å²) in [6.45, 7) is 6.95. The Labute approximate surface area is 282 Å². The summed E-state index contributed by atoms with van der Waals surface area (Å²) in [5, 5.41) is 0. The molecular formula is C44H76N+. The fourth-order valence-corrected chi connectivity index (χ4v) is 7.21. The van der Waals surface area contributed by atoms with Crippen LogP contribution in [0.1, 0.15) is 217 Å². The van der Waals surface area contributed by atoms with Crippen LogP contribution in [0.2, 0.25) is 0 Å². The van der Waals surface area contributed by atoms with Gasteiger partial charge in [-0.05, 0) is 31.2 Å². The number of pyridine rings is 1. The molecule has 2 rings (SSSR count). The number of hydrogen-bond acceptors (Lipinski definition) is 0. The summed E-state index contributed by atoms with van der Waals surface area (Å²) in [4.78, 5) is 0. The van der Waals surface area contributed by atoms with Crippen molar-refractivity contribution in [2.24, 2.45) is 0 Å². The predicted octanol–water partition coefficient (Wildman–Crippen LogP) is 14.2. The molecule has 2 aromatic rings. The lowest BCUT2D eigenvalue weighted by Crippen LogP contribution is -2.40. The zero-order chi connectivity index (χ0) is 32.0. The molecule has 1 heteroatoms. The van der Waals surface area contributed by atoms with Gasteiger partial charge in [0.25, 0.3) is 0 Å². The van der Waals surface area contributed by atoms with Crippen LogP contribution in [0.25, 0.3) is 0 Å². The minimum Gasteiger partial charge on any atom is -0.198 e. The fourth-order valence-electron chi connectivity index (χ4n) is 7.21. The van der Waals surface area contributed by atoms with Gasteiger partial charge in [0.05, 0.1) is 0 Å². The van der Waals surface area contributed by atoms with Gasteiger partial charge in [-0.1, -0.05) is 205 Å². The van der Waals surface area contributed by atoms with Crippen molar-refractivity contribution in [1.82, 2.24) is 0 Å². The molecule has 45 heavy (non-hydrogen) atoms. The summed E-state index contributed by atoms with van der Waals surface area (Å²) in [6.07, 6.45) is 45.7. The maximum Gasteiger partial charge on any atom is 0.183 e. The molecule has 1 aromatic heterocycles. The first-order valence-electron chi connectivity index (χ1n) is 20.4. The first-order chi connectivity index (χ1) is 22.3. The molecule has 0 bridgehead atoms. The number of nitrogens with zero attached hydrogens (tertiary/aromatic N) is 1. The average Bonchev–Trinajstić information content (AvgIpc) is 3.07. The van der Waals surface area contributed by atoms with E-state index in [2.05, 4.69) is 74.1 Å². The minimum atomic E-state index is 0.432. The van der Waals surface area contributed by atoms with E-state index in [4.69, 9.17) is 0 Å². The topological polar surface area (TPSA) is 3.88 Å². The first kappa shape index (κ1) is 39.5. The van der Waals surface area contributed by atoms with Gasteiger partial charge in [0.15, 0.2) is 18.4 Å². The van der Waals surface area contributed by atoms with Gasteiger partial charge in [-0.3, -0.25) is 0 Å². The molecule has 1 unspecified atom stereocenters. The van der Waals surface area contributed by atoms with E-state index >= 15 is 0 Å². The summed E-state index contributed by atoms with van der Waals surface area (Å²) in [5.41, 5.74) is 4.67. The second-order valence-electron chi connectivity index (χ2n) is 14.3. The Morgan fingerprint density at radius 2 is 0.800 bits per heavy atom. The molecule has 0 amide bonds. The van der Waals surface area contributed by atoms with E-state index in [1.54, 1.807) is 11.1 Å². The molecule has 0 saturated heterocycles. The molecule has 0 fully saturated rings. The fraction of sp³-hybridized carbons (Fsp3) is 0.750. The van der Waals surface area contributed by atoms with Gasteiger partial charge < -0.3 is 0 Å². The highest BCUT2D eigenvalue weighted by atomic mass is 15.0. The summed E-state index contributed by atoms with van der Waals surface area (Å²) >= 11 is 0.